The molecule has 6 nitrogen and oxygen atoms in total. The highest BCUT2D eigenvalue weighted by Crippen LogP contribution is 2.18. The summed E-state index contributed by atoms with van der Waals surface area (Å²) in [5.74, 6) is 0.408. The van der Waals surface area contributed by atoms with Gasteiger partial charge in [-0.2, -0.15) is 0 Å². The molecule has 0 saturated heterocycles. The van der Waals surface area contributed by atoms with Gasteiger partial charge >= 0.3 is 0 Å². The van der Waals surface area contributed by atoms with E-state index in [0.717, 1.165) is 11.3 Å². The third-order valence-electron chi connectivity index (χ3n) is 3.73. The zero-order valence-corrected chi connectivity index (χ0v) is 16.5. The molecule has 0 aliphatic heterocycles. The highest BCUT2D eigenvalue weighted by Gasteiger charge is 2.07. The SMILES string of the molecule is C=C(C)COc1cccc(NCC(=O)Nc2ccc(NC(=O)C(C)C)cc2)c1. The summed E-state index contributed by atoms with van der Waals surface area (Å²) < 4.78 is 5.59. The van der Waals surface area contributed by atoms with E-state index in [0.29, 0.717) is 23.7 Å². The lowest BCUT2D eigenvalue weighted by Gasteiger charge is -2.11. The molecule has 0 aliphatic carbocycles. The molecular formula is C22H27N3O3. The minimum atomic E-state index is -0.174. The van der Waals surface area contributed by atoms with Gasteiger partial charge in [-0.3, -0.25) is 9.59 Å². The number of carbonyl (C=O) groups excluding carboxylic acids is 2. The van der Waals surface area contributed by atoms with Gasteiger partial charge in [0, 0.05) is 29.0 Å². The highest BCUT2D eigenvalue weighted by molar-refractivity contribution is 5.95. The quantitative estimate of drug-likeness (QED) is 0.566. The maximum Gasteiger partial charge on any atom is 0.243 e. The molecule has 0 radical (unpaired) electrons. The van der Waals surface area contributed by atoms with Gasteiger partial charge in [-0.15, -0.1) is 0 Å². The molecule has 2 amide bonds. The Morgan fingerprint density at radius 1 is 1.00 bits per heavy atom. The molecule has 0 heterocycles. The Balaban J connectivity index is 1.83. The zero-order valence-electron chi connectivity index (χ0n) is 16.5. The lowest BCUT2D eigenvalue weighted by Crippen LogP contribution is -2.21. The number of hydrogen-bond donors (Lipinski definition) is 3. The number of benzene rings is 2. The Morgan fingerprint density at radius 3 is 2.25 bits per heavy atom. The van der Waals surface area contributed by atoms with Crippen molar-refractivity contribution in [2.24, 2.45) is 5.92 Å². The summed E-state index contributed by atoms with van der Waals surface area (Å²) in [4.78, 5) is 23.8. The molecule has 0 saturated carbocycles. The summed E-state index contributed by atoms with van der Waals surface area (Å²) >= 11 is 0. The molecule has 0 unspecified atom stereocenters. The summed E-state index contributed by atoms with van der Waals surface area (Å²) in [5, 5.41) is 8.69. The van der Waals surface area contributed by atoms with Crippen LogP contribution in [-0.2, 0) is 9.59 Å². The number of nitrogens with one attached hydrogen (secondary N) is 3. The molecule has 0 spiro atoms. The summed E-state index contributed by atoms with van der Waals surface area (Å²) in [5.41, 5.74) is 3.09. The van der Waals surface area contributed by atoms with Crippen LogP contribution in [-0.4, -0.2) is 25.0 Å². The fourth-order valence-corrected chi connectivity index (χ4v) is 2.21. The summed E-state index contributed by atoms with van der Waals surface area (Å²) in [7, 11) is 0. The molecule has 0 aliphatic rings. The van der Waals surface area contributed by atoms with Gasteiger partial charge in [0.15, 0.2) is 0 Å². The lowest BCUT2D eigenvalue weighted by atomic mass is 10.2. The summed E-state index contributed by atoms with van der Waals surface area (Å²) in [6.45, 7) is 9.95. The van der Waals surface area contributed by atoms with Crippen LogP contribution in [0.1, 0.15) is 20.8 Å². The van der Waals surface area contributed by atoms with E-state index in [2.05, 4.69) is 22.5 Å². The average Bonchev–Trinajstić information content (AvgIpc) is 2.66. The van der Waals surface area contributed by atoms with Crippen molar-refractivity contribution in [1.82, 2.24) is 0 Å². The van der Waals surface area contributed by atoms with Gasteiger partial charge in [0.05, 0.1) is 6.54 Å². The van der Waals surface area contributed by atoms with Crippen molar-refractivity contribution >= 4 is 28.9 Å². The van der Waals surface area contributed by atoms with Crippen molar-refractivity contribution < 1.29 is 14.3 Å². The second-order valence-electron chi connectivity index (χ2n) is 6.90. The van der Waals surface area contributed by atoms with E-state index in [1.807, 2.05) is 45.0 Å². The minimum Gasteiger partial charge on any atom is -0.489 e. The van der Waals surface area contributed by atoms with Crippen molar-refractivity contribution in [2.75, 3.05) is 29.1 Å². The molecule has 28 heavy (non-hydrogen) atoms. The van der Waals surface area contributed by atoms with Gasteiger partial charge < -0.3 is 20.7 Å². The van der Waals surface area contributed by atoms with Crippen LogP contribution in [0.25, 0.3) is 0 Å². The fourth-order valence-electron chi connectivity index (χ4n) is 2.21. The van der Waals surface area contributed by atoms with E-state index in [9.17, 15) is 9.59 Å². The van der Waals surface area contributed by atoms with Crippen LogP contribution >= 0.6 is 0 Å². The molecule has 0 fully saturated rings. The molecule has 0 atom stereocenters. The summed E-state index contributed by atoms with van der Waals surface area (Å²) in [6.07, 6.45) is 0. The standard InChI is InChI=1S/C22H27N3O3/c1-15(2)14-28-20-7-5-6-19(12-20)23-13-21(26)24-17-8-10-18(11-9-17)25-22(27)16(3)4/h5-12,16,23H,1,13-14H2,2-4H3,(H,24,26)(H,25,27). The number of carbonyl (C=O) groups is 2. The first-order chi connectivity index (χ1) is 13.3. The van der Waals surface area contributed by atoms with Gasteiger partial charge in [-0.05, 0) is 48.9 Å². The Kier molecular flexibility index (Phi) is 7.63. The average molecular weight is 381 g/mol. The normalized spacial score (nSPS) is 10.3. The fraction of sp³-hybridized carbons (Fsp3) is 0.273. The topological polar surface area (TPSA) is 79.5 Å². The molecule has 3 N–H and O–H groups in total. The Bertz CT molecular complexity index is 829. The second-order valence-corrected chi connectivity index (χ2v) is 6.90. The van der Waals surface area contributed by atoms with Crippen LogP contribution in [0.3, 0.4) is 0 Å². The Hall–Kier alpha value is -3.28. The molecule has 2 rings (SSSR count). The van der Waals surface area contributed by atoms with Gasteiger partial charge in [-0.25, -0.2) is 0 Å². The van der Waals surface area contributed by atoms with Gasteiger partial charge in [0.25, 0.3) is 0 Å². The second kappa shape index (κ2) is 10.2. The Morgan fingerprint density at radius 2 is 1.64 bits per heavy atom. The maximum atomic E-state index is 12.2. The zero-order chi connectivity index (χ0) is 20.5. The monoisotopic (exact) mass is 381 g/mol. The van der Waals surface area contributed by atoms with Crippen LogP contribution in [0.4, 0.5) is 17.1 Å². The van der Waals surface area contributed by atoms with Crippen molar-refractivity contribution in [3.8, 4) is 5.75 Å². The van der Waals surface area contributed by atoms with E-state index in [1.165, 1.54) is 0 Å². The third kappa shape index (κ3) is 7.15. The van der Waals surface area contributed by atoms with Crippen LogP contribution in [0.15, 0.2) is 60.7 Å². The molecule has 2 aromatic carbocycles. The van der Waals surface area contributed by atoms with Crippen LogP contribution in [0.5, 0.6) is 5.75 Å². The number of ether oxygens (including phenoxy) is 1. The predicted molar refractivity (Wildman–Crippen MR) is 114 cm³/mol. The molecule has 2 aromatic rings. The van der Waals surface area contributed by atoms with Crippen LogP contribution in [0.2, 0.25) is 0 Å². The van der Waals surface area contributed by atoms with Crippen molar-refractivity contribution in [3.05, 3.63) is 60.7 Å². The number of anilines is 3. The molecule has 148 valence electrons. The van der Waals surface area contributed by atoms with E-state index >= 15 is 0 Å². The van der Waals surface area contributed by atoms with Gasteiger partial charge in [0.1, 0.15) is 12.4 Å². The predicted octanol–water partition coefficient (Wildman–Crippen LogP) is 4.29. The van der Waals surface area contributed by atoms with Crippen molar-refractivity contribution in [3.63, 3.8) is 0 Å². The van der Waals surface area contributed by atoms with Crippen LogP contribution < -0.4 is 20.7 Å². The highest BCUT2D eigenvalue weighted by atomic mass is 16.5. The first-order valence-corrected chi connectivity index (χ1v) is 9.15. The molecule has 0 aromatic heterocycles. The van der Waals surface area contributed by atoms with E-state index in [4.69, 9.17) is 4.74 Å². The smallest absolute Gasteiger partial charge is 0.243 e. The van der Waals surface area contributed by atoms with E-state index < -0.39 is 0 Å². The molecule has 6 heteroatoms. The van der Waals surface area contributed by atoms with Crippen molar-refractivity contribution in [2.45, 2.75) is 20.8 Å². The van der Waals surface area contributed by atoms with Crippen molar-refractivity contribution in [1.29, 1.82) is 0 Å². The largest absolute Gasteiger partial charge is 0.489 e. The molecular weight excluding hydrogens is 354 g/mol. The van der Waals surface area contributed by atoms with Gasteiger partial charge in [-0.1, -0.05) is 26.5 Å². The first-order valence-electron chi connectivity index (χ1n) is 9.15. The lowest BCUT2D eigenvalue weighted by molar-refractivity contribution is -0.119. The van der Waals surface area contributed by atoms with E-state index in [1.54, 1.807) is 24.3 Å². The maximum absolute atomic E-state index is 12.2. The number of hydrogen-bond acceptors (Lipinski definition) is 4. The Labute approximate surface area is 166 Å². The minimum absolute atomic E-state index is 0.0459. The van der Waals surface area contributed by atoms with Crippen LogP contribution in [0, 0.1) is 5.92 Å². The third-order valence-corrected chi connectivity index (χ3v) is 3.73. The van der Waals surface area contributed by atoms with Gasteiger partial charge in [0.2, 0.25) is 11.8 Å². The first kappa shape index (κ1) is 21.0. The summed E-state index contributed by atoms with van der Waals surface area (Å²) in [6, 6.07) is 14.4. The molecule has 0 bridgehead atoms. The number of amides is 2. The number of rotatable bonds is 9. The van der Waals surface area contributed by atoms with E-state index in [-0.39, 0.29) is 24.3 Å².